The fraction of sp³-hybridized carbons (Fsp3) is 0.250. The van der Waals surface area contributed by atoms with Crippen LogP contribution in [0, 0.1) is 13.8 Å². The average Bonchev–Trinajstić information content (AvgIpc) is 1.83. The first kappa shape index (κ1) is 4.13. The lowest BCUT2D eigenvalue weighted by Crippen LogP contribution is -1.74. The van der Waals surface area contributed by atoms with Crippen LogP contribution in [-0.4, -0.2) is 0 Å². The second kappa shape index (κ2) is 1.99. The Labute approximate surface area is 51.6 Å². The van der Waals surface area contributed by atoms with Crippen LogP contribution >= 0.6 is 0 Å². The van der Waals surface area contributed by atoms with Crippen LogP contribution in [0.25, 0.3) is 0 Å². The van der Waals surface area contributed by atoms with Crippen molar-refractivity contribution in [1.29, 1.82) is 0 Å². The molecule has 0 heteroatoms. The molecule has 0 aromatic heterocycles. The Hall–Kier alpha value is -0.780. The van der Waals surface area contributed by atoms with Crippen molar-refractivity contribution in [3.05, 3.63) is 35.4 Å². The topological polar surface area (TPSA) is 0 Å². The van der Waals surface area contributed by atoms with Gasteiger partial charge in [0, 0.05) is 0 Å². The Bertz CT molecular complexity index is 196. The van der Waals surface area contributed by atoms with E-state index in [0.717, 1.165) is 5.56 Å². The smallest absolute Gasteiger partial charge is 0.0620 e. The van der Waals surface area contributed by atoms with E-state index in [2.05, 4.69) is 0 Å². The summed E-state index contributed by atoms with van der Waals surface area (Å²) in [4.78, 5) is 0. The molecular formula is C8H10. The van der Waals surface area contributed by atoms with Gasteiger partial charge in [-0.15, -0.1) is 0 Å². The predicted molar refractivity (Wildman–Crippen MR) is 35.9 cm³/mol. The third-order valence-electron chi connectivity index (χ3n) is 1.33. The minimum atomic E-state index is 0.634. The van der Waals surface area contributed by atoms with Gasteiger partial charge in [0.25, 0.3) is 0 Å². The molecule has 0 radical (unpaired) electrons. The highest BCUT2D eigenvalue weighted by atomic mass is 13.9. The molecule has 0 heterocycles. The largest absolute Gasteiger partial charge is 0.0626 e. The number of rotatable bonds is 0. The number of hydrogen-bond donors (Lipinski definition) is 0. The van der Waals surface area contributed by atoms with E-state index in [-0.39, 0.29) is 0 Å². The molecular weight excluding hydrogens is 96.1 g/mol. The number of benzene rings is 1. The van der Waals surface area contributed by atoms with Gasteiger partial charge >= 0.3 is 0 Å². The van der Waals surface area contributed by atoms with Gasteiger partial charge in [-0.2, -0.15) is 0 Å². The van der Waals surface area contributed by atoms with Crippen LogP contribution in [0.1, 0.15) is 12.5 Å². The van der Waals surface area contributed by atoms with E-state index in [0.29, 0.717) is 6.04 Å². The van der Waals surface area contributed by atoms with Crippen LogP contribution in [0.5, 0.6) is 0 Å². The van der Waals surface area contributed by atoms with Crippen molar-refractivity contribution in [2.45, 2.75) is 13.8 Å². The lowest BCUT2D eigenvalue weighted by Gasteiger charge is -1.93. The number of hydrogen-bond acceptors (Lipinski definition) is 0. The van der Waals surface area contributed by atoms with Crippen molar-refractivity contribution < 1.29 is 1.37 Å². The fourth-order valence-corrected chi connectivity index (χ4v) is 0.604. The zero-order valence-electron chi connectivity index (χ0n) is 6.23. The zero-order chi connectivity index (χ0) is 6.85. The van der Waals surface area contributed by atoms with E-state index in [1.54, 1.807) is 0 Å². The molecule has 0 fully saturated rings. The minimum absolute atomic E-state index is 0.634. The van der Waals surface area contributed by atoms with Crippen LogP contribution in [0.3, 0.4) is 0 Å². The Morgan fingerprint density at radius 1 is 1.25 bits per heavy atom. The molecule has 0 aliphatic rings. The van der Waals surface area contributed by atoms with Gasteiger partial charge in [0.15, 0.2) is 0 Å². The Morgan fingerprint density at radius 2 is 2.00 bits per heavy atom. The summed E-state index contributed by atoms with van der Waals surface area (Å²) in [6.45, 7) is 3.99. The average molecular weight is 108 g/mol. The van der Waals surface area contributed by atoms with Crippen LogP contribution in [0.15, 0.2) is 24.2 Å². The lowest BCUT2D eigenvalue weighted by molar-refractivity contribution is 1.34. The Morgan fingerprint density at radius 3 is 2.50 bits per heavy atom. The molecule has 0 saturated carbocycles. The first-order valence-corrected chi connectivity index (χ1v) is 2.74. The quantitative estimate of drug-likeness (QED) is 0.478. The molecule has 1 rings (SSSR count). The van der Waals surface area contributed by atoms with Crippen molar-refractivity contribution in [2.24, 2.45) is 0 Å². The number of aryl methyl sites for hydroxylation is 1. The summed E-state index contributed by atoms with van der Waals surface area (Å²) in [5.41, 5.74) is 2.28. The van der Waals surface area contributed by atoms with E-state index in [9.17, 15) is 0 Å². The molecule has 0 nitrogen and oxygen atoms in total. The van der Waals surface area contributed by atoms with Gasteiger partial charge < -0.3 is 0 Å². The summed E-state index contributed by atoms with van der Waals surface area (Å²) in [5.74, 6) is 0. The highest BCUT2D eigenvalue weighted by molar-refractivity contribution is 5.23. The van der Waals surface area contributed by atoms with Gasteiger partial charge in [-0.25, -0.2) is 0 Å². The second-order valence-electron chi connectivity index (χ2n) is 1.98. The summed E-state index contributed by atoms with van der Waals surface area (Å²) in [6.07, 6.45) is 0. The summed E-state index contributed by atoms with van der Waals surface area (Å²) in [6, 6.07) is 6.37. The van der Waals surface area contributed by atoms with E-state index in [1.165, 1.54) is 5.56 Å². The van der Waals surface area contributed by atoms with Crippen molar-refractivity contribution in [3.63, 3.8) is 0 Å². The first-order valence-electron chi connectivity index (χ1n) is 3.24. The fourth-order valence-electron chi connectivity index (χ4n) is 0.604. The maximum absolute atomic E-state index is 7.36. The van der Waals surface area contributed by atoms with Gasteiger partial charge in [0.1, 0.15) is 0 Å². The molecule has 0 bridgehead atoms. The van der Waals surface area contributed by atoms with E-state index in [1.807, 2.05) is 32.0 Å². The third-order valence-corrected chi connectivity index (χ3v) is 1.33. The zero-order valence-corrected chi connectivity index (χ0v) is 5.23. The maximum atomic E-state index is 7.36. The first-order chi connectivity index (χ1) is 4.22. The molecule has 0 N–H and O–H groups in total. The molecule has 42 valence electrons. The van der Waals surface area contributed by atoms with Crippen molar-refractivity contribution >= 4 is 0 Å². The summed E-state index contributed by atoms with van der Waals surface area (Å²) in [7, 11) is 0. The van der Waals surface area contributed by atoms with Crippen LogP contribution in [-0.2, 0) is 0 Å². The molecule has 0 spiro atoms. The summed E-state index contributed by atoms with van der Waals surface area (Å²) in [5, 5.41) is 0. The van der Waals surface area contributed by atoms with E-state index >= 15 is 0 Å². The molecule has 1 aromatic rings. The molecule has 0 aliphatic carbocycles. The van der Waals surface area contributed by atoms with Gasteiger partial charge in [0.05, 0.1) is 1.37 Å². The molecule has 0 atom stereocenters. The Kier molecular flexibility index (Phi) is 1.03. The molecule has 0 unspecified atom stereocenters. The van der Waals surface area contributed by atoms with Gasteiger partial charge in [-0.1, -0.05) is 24.2 Å². The molecule has 1 aromatic carbocycles. The SMILES string of the molecule is [3H]c1cccc(C)c1C. The van der Waals surface area contributed by atoms with Crippen LogP contribution in [0.2, 0.25) is 0 Å². The van der Waals surface area contributed by atoms with Gasteiger partial charge in [-0.05, 0) is 25.0 Å². The minimum Gasteiger partial charge on any atom is -0.0620 e. The van der Waals surface area contributed by atoms with Gasteiger partial charge in [0.2, 0.25) is 0 Å². The normalized spacial score (nSPS) is 11.0. The third kappa shape index (κ3) is 0.890. The van der Waals surface area contributed by atoms with Crippen molar-refractivity contribution in [2.75, 3.05) is 0 Å². The highest BCUT2D eigenvalue weighted by Gasteiger charge is 1.83. The summed E-state index contributed by atoms with van der Waals surface area (Å²) >= 11 is 0. The standard InChI is InChI=1S/C8H10/c1-7-5-3-4-6-8(7)2/h3-6H,1-2H3/i5T. The molecule has 0 amide bonds. The highest BCUT2D eigenvalue weighted by Crippen LogP contribution is 2.02. The van der Waals surface area contributed by atoms with Crippen molar-refractivity contribution in [1.82, 2.24) is 0 Å². The van der Waals surface area contributed by atoms with E-state index in [4.69, 9.17) is 1.37 Å². The molecule has 0 aliphatic heterocycles. The van der Waals surface area contributed by atoms with E-state index < -0.39 is 0 Å². The molecule has 8 heavy (non-hydrogen) atoms. The van der Waals surface area contributed by atoms with Crippen molar-refractivity contribution in [3.8, 4) is 0 Å². The second-order valence-corrected chi connectivity index (χ2v) is 1.98. The Balaban J connectivity index is 3.25. The van der Waals surface area contributed by atoms with Crippen LogP contribution in [0.4, 0.5) is 0 Å². The monoisotopic (exact) mass is 108 g/mol. The predicted octanol–water partition coefficient (Wildman–Crippen LogP) is 2.30. The maximum Gasteiger partial charge on any atom is 0.0626 e. The van der Waals surface area contributed by atoms with Gasteiger partial charge in [-0.3, -0.25) is 0 Å². The lowest BCUT2D eigenvalue weighted by atomic mass is 10.1. The van der Waals surface area contributed by atoms with Crippen LogP contribution < -0.4 is 0 Å². The molecule has 0 saturated heterocycles. The summed E-state index contributed by atoms with van der Waals surface area (Å²) < 4.78 is 7.36.